The first kappa shape index (κ1) is 46.9. The molecule has 338 valence electrons. The van der Waals surface area contributed by atoms with E-state index in [1.54, 1.807) is 12.1 Å². The number of sulfone groups is 1. The van der Waals surface area contributed by atoms with E-state index in [9.17, 15) is 34.8 Å². The van der Waals surface area contributed by atoms with Crippen molar-refractivity contribution in [1.29, 1.82) is 0 Å². The molecular formula is C46H53ClF3N5O5S3. The van der Waals surface area contributed by atoms with E-state index in [4.69, 9.17) is 11.6 Å². The van der Waals surface area contributed by atoms with Crippen LogP contribution in [0.15, 0.2) is 117 Å². The van der Waals surface area contributed by atoms with Crippen LogP contribution in [0.5, 0.6) is 0 Å². The summed E-state index contributed by atoms with van der Waals surface area (Å²) in [6, 6.07) is 26.6. The molecule has 0 radical (unpaired) electrons. The number of nitrogens with one attached hydrogen (secondary N) is 4. The summed E-state index contributed by atoms with van der Waals surface area (Å²) in [5.41, 5.74) is -1.50. The molecule has 2 bridgehead atoms. The maximum Gasteiger partial charge on any atom is 0.501 e. The van der Waals surface area contributed by atoms with E-state index in [0.29, 0.717) is 54.1 Å². The van der Waals surface area contributed by atoms with Gasteiger partial charge in [0.25, 0.3) is 25.8 Å². The highest BCUT2D eigenvalue weighted by atomic mass is 35.5. The standard InChI is InChI=1S/C46H53ClF3N5O5S3/c47-35-16-12-32(13-17-35)42-11-5-4-7-34(42)30-51-26-27-52-36-18-14-33(15-19-36)45(56)54-63(59,60)41-24-25-43(44(29-41)62(57,58)46(48,49)50)53-37(31-61-40-9-2-1-3-10-40)8-6-28-55-38-20-21-39(55)23-22-38/h1-3,9-10,12-19,24-25,29,37-39,51-53H,4-8,11,20-23,26-28,30-31H2,(H,54,56)/t37-,38?,39?/m1/s1. The molecule has 63 heavy (non-hydrogen) atoms. The van der Waals surface area contributed by atoms with Crippen LogP contribution in [0.3, 0.4) is 0 Å². The molecule has 1 aliphatic carbocycles. The van der Waals surface area contributed by atoms with Crippen LogP contribution in [0.2, 0.25) is 5.02 Å². The van der Waals surface area contributed by atoms with Crippen LogP contribution in [0.25, 0.3) is 5.57 Å². The maximum absolute atomic E-state index is 14.2. The fourth-order valence-electron chi connectivity index (χ4n) is 8.85. The number of carbonyl (C=O) groups excluding carboxylic acids is 1. The summed E-state index contributed by atoms with van der Waals surface area (Å²) in [6.07, 6.45) is 10.3. The summed E-state index contributed by atoms with van der Waals surface area (Å²) < 4.78 is 97.5. The molecule has 4 aromatic rings. The van der Waals surface area contributed by atoms with Crippen molar-refractivity contribution >= 4 is 66.1 Å². The zero-order valence-corrected chi connectivity index (χ0v) is 38.0. The first-order chi connectivity index (χ1) is 30.2. The molecule has 3 aliphatic rings. The Labute approximate surface area is 377 Å². The van der Waals surface area contributed by atoms with E-state index in [1.807, 2.05) is 47.2 Å². The molecular weight excluding hydrogens is 891 g/mol. The lowest BCUT2D eigenvalue weighted by molar-refractivity contribution is -0.0435. The number of fused-ring (bicyclic) bond motifs is 2. The van der Waals surface area contributed by atoms with Gasteiger partial charge in [0.1, 0.15) is 4.90 Å². The van der Waals surface area contributed by atoms with Gasteiger partial charge < -0.3 is 16.0 Å². The quantitative estimate of drug-likeness (QED) is 0.0501. The molecule has 0 spiro atoms. The Balaban J connectivity index is 0.984. The van der Waals surface area contributed by atoms with Crippen LogP contribution in [0.1, 0.15) is 80.1 Å². The van der Waals surface area contributed by atoms with Crippen molar-refractivity contribution in [3.8, 4) is 0 Å². The van der Waals surface area contributed by atoms with E-state index in [1.165, 1.54) is 66.3 Å². The molecule has 4 aromatic carbocycles. The molecule has 2 heterocycles. The molecule has 1 atom stereocenters. The minimum Gasteiger partial charge on any atom is -0.384 e. The Kier molecular flexibility index (Phi) is 15.5. The number of alkyl halides is 3. The largest absolute Gasteiger partial charge is 0.501 e. The summed E-state index contributed by atoms with van der Waals surface area (Å²) in [5, 5.41) is 10.5. The van der Waals surface area contributed by atoms with Crippen LogP contribution in [-0.4, -0.2) is 83.2 Å². The summed E-state index contributed by atoms with van der Waals surface area (Å²) in [7, 11) is -10.9. The smallest absolute Gasteiger partial charge is 0.384 e. The van der Waals surface area contributed by atoms with Gasteiger partial charge in [0.2, 0.25) is 0 Å². The van der Waals surface area contributed by atoms with Crippen molar-refractivity contribution in [3.63, 3.8) is 0 Å². The highest BCUT2D eigenvalue weighted by Crippen LogP contribution is 2.39. The van der Waals surface area contributed by atoms with Crippen LogP contribution in [-0.2, 0) is 19.9 Å². The van der Waals surface area contributed by atoms with Gasteiger partial charge >= 0.3 is 5.51 Å². The van der Waals surface area contributed by atoms with Crippen molar-refractivity contribution in [2.45, 2.75) is 103 Å². The lowest BCUT2D eigenvalue weighted by atomic mass is 9.87. The number of nitrogens with zero attached hydrogens (tertiary/aromatic N) is 1. The topological polar surface area (TPSA) is 137 Å². The number of hydrogen-bond donors (Lipinski definition) is 4. The molecule has 2 fully saturated rings. The number of amides is 1. The van der Waals surface area contributed by atoms with Crippen molar-refractivity contribution in [2.75, 3.05) is 42.6 Å². The normalized spacial score (nSPS) is 18.7. The second kappa shape index (κ2) is 20.8. The fourth-order valence-corrected chi connectivity index (χ4v) is 12.0. The maximum atomic E-state index is 14.2. The van der Waals surface area contributed by atoms with Crippen molar-refractivity contribution in [1.82, 2.24) is 14.9 Å². The van der Waals surface area contributed by atoms with E-state index in [0.717, 1.165) is 62.2 Å². The number of anilines is 2. The molecule has 0 unspecified atom stereocenters. The van der Waals surface area contributed by atoms with Gasteiger partial charge in [0, 0.05) is 64.7 Å². The molecule has 2 saturated heterocycles. The molecule has 7 rings (SSSR count). The predicted octanol–water partition coefficient (Wildman–Crippen LogP) is 9.76. The lowest BCUT2D eigenvalue weighted by Gasteiger charge is -2.25. The minimum atomic E-state index is -6.03. The Morgan fingerprint density at radius 1 is 0.841 bits per heavy atom. The highest BCUT2D eigenvalue weighted by Gasteiger charge is 2.48. The van der Waals surface area contributed by atoms with Gasteiger partial charge in [-0.05, 0) is 149 Å². The van der Waals surface area contributed by atoms with Gasteiger partial charge in [0.05, 0.1) is 10.6 Å². The van der Waals surface area contributed by atoms with Crippen molar-refractivity contribution < 1.29 is 34.8 Å². The molecule has 0 saturated carbocycles. The van der Waals surface area contributed by atoms with E-state index >= 15 is 0 Å². The van der Waals surface area contributed by atoms with Gasteiger partial charge in [-0.15, -0.1) is 11.8 Å². The van der Waals surface area contributed by atoms with Crippen LogP contribution >= 0.6 is 23.4 Å². The second-order valence-electron chi connectivity index (χ2n) is 16.3. The molecule has 4 N–H and O–H groups in total. The molecule has 1 amide bonds. The Hall–Kier alpha value is -4.06. The SMILES string of the molecule is O=C(NS(=O)(=O)c1ccc(N[C@H](CCCN2C3CCC2CC3)CSc2ccccc2)c(S(=O)(=O)C(F)(F)F)c1)c1ccc(NCCNCC2=C(c3ccc(Cl)cc3)CCCC2)cc1. The van der Waals surface area contributed by atoms with Gasteiger partial charge in [-0.2, -0.15) is 13.2 Å². The minimum absolute atomic E-state index is 0.0247. The zero-order chi connectivity index (χ0) is 44.6. The number of benzene rings is 4. The molecule has 0 aromatic heterocycles. The van der Waals surface area contributed by atoms with E-state index < -0.39 is 47.1 Å². The van der Waals surface area contributed by atoms with Gasteiger partial charge in [-0.1, -0.05) is 47.5 Å². The summed E-state index contributed by atoms with van der Waals surface area (Å²) >= 11 is 7.58. The molecule has 10 nitrogen and oxygen atoms in total. The number of sulfonamides is 1. The summed E-state index contributed by atoms with van der Waals surface area (Å²) in [6.45, 7) is 2.82. The third-order valence-electron chi connectivity index (χ3n) is 12.1. The zero-order valence-electron chi connectivity index (χ0n) is 34.8. The third-order valence-corrected chi connectivity index (χ3v) is 16.4. The number of halogens is 4. The Bertz CT molecular complexity index is 2440. The Morgan fingerprint density at radius 2 is 1.52 bits per heavy atom. The first-order valence-corrected chi connectivity index (χ1v) is 25.7. The number of hydrogen-bond acceptors (Lipinski definition) is 10. The first-order valence-electron chi connectivity index (χ1n) is 21.4. The fraction of sp³-hybridized carbons (Fsp3) is 0.413. The Morgan fingerprint density at radius 3 is 2.21 bits per heavy atom. The lowest BCUT2D eigenvalue weighted by Crippen LogP contribution is -2.32. The summed E-state index contributed by atoms with van der Waals surface area (Å²) in [4.78, 5) is 14.6. The van der Waals surface area contributed by atoms with E-state index in [2.05, 4.69) is 33.0 Å². The molecule has 2 aliphatic heterocycles. The monoisotopic (exact) mass is 943 g/mol. The third kappa shape index (κ3) is 12.0. The van der Waals surface area contributed by atoms with Gasteiger partial charge in [0.15, 0.2) is 0 Å². The number of rotatable bonds is 20. The average Bonchev–Trinajstić information content (AvgIpc) is 3.85. The number of carbonyl (C=O) groups is 1. The van der Waals surface area contributed by atoms with Crippen LogP contribution in [0.4, 0.5) is 24.5 Å². The number of allylic oxidation sites excluding steroid dienone is 1. The average molecular weight is 945 g/mol. The predicted molar refractivity (Wildman–Crippen MR) is 246 cm³/mol. The van der Waals surface area contributed by atoms with Crippen molar-refractivity contribution in [2.24, 2.45) is 0 Å². The van der Waals surface area contributed by atoms with Crippen LogP contribution < -0.4 is 20.7 Å². The van der Waals surface area contributed by atoms with E-state index in [-0.39, 0.29) is 11.3 Å². The molecule has 17 heteroatoms. The number of thioether (sulfide) groups is 1. The van der Waals surface area contributed by atoms with Gasteiger partial charge in [-0.25, -0.2) is 21.6 Å². The second-order valence-corrected chi connectivity index (χ2v) is 21.4. The van der Waals surface area contributed by atoms with Crippen LogP contribution in [0, 0.1) is 0 Å². The summed E-state index contributed by atoms with van der Waals surface area (Å²) in [5.74, 6) is -0.623. The van der Waals surface area contributed by atoms with Gasteiger partial charge in [-0.3, -0.25) is 9.69 Å². The van der Waals surface area contributed by atoms with Crippen molar-refractivity contribution in [3.05, 3.63) is 119 Å². The highest BCUT2D eigenvalue weighted by molar-refractivity contribution is 7.99.